The zero-order valence-corrected chi connectivity index (χ0v) is 14.5. The molecule has 0 atom stereocenters. The van der Waals surface area contributed by atoms with Gasteiger partial charge in [0.2, 0.25) is 5.91 Å². The highest BCUT2D eigenvalue weighted by atomic mass is 16.1. The van der Waals surface area contributed by atoms with Gasteiger partial charge in [-0.2, -0.15) is 0 Å². The Bertz CT molecular complexity index is 1110. The van der Waals surface area contributed by atoms with Crippen LogP contribution in [0.4, 0.5) is 11.5 Å². The van der Waals surface area contributed by atoms with Crippen molar-refractivity contribution in [1.29, 1.82) is 0 Å². The largest absolute Gasteiger partial charge is 0.366 e. The fourth-order valence-electron chi connectivity index (χ4n) is 2.95. The van der Waals surface area contributed by atoms with Crippen molar-refractivity contribution < 1.29 is 4.79 Å². The molecule has 0 aliphatic carbocycles. The number of nitrogens with zero attached hydrogens (tertiary/aromatic N) is 1. The van der Waals surface area contributed by atoms with E-state index in [0.717, 1.165) is 33.7 Å². The number of pyridine rings is 1. The van der Waals surface area contributed by atoms with Crippen LogP contribution in [0.5, 0.6) is 0 Å². The lowest BCUT2D eigenvalue weighted by atomic mass is 10.0. The van der Waals surface area contributed by atoms with Gasteiger partial charge in [-0.05, 0) is 35.9 Å². The van der Waals surface area contributed by atoms with Gasteiger partial charge in [-0.1, -0.05) is 48.5 Å². The Kier molecular flexibility index (Phi) is 4.41. The summed E-state index contributed by atoms with van der Waals surface area (Å²) in [5, 5.41) is 4.19. The summed E-state index contributed by atoms with van der Waals surface area (Å²) in [4.78, 5) is 19.7. The molecule has 0 spiro atoms. The maximum absolute atomic E-state index is 11.9. The van der Waals surface area contributed by atoms with Gasteiger partial charge < -0.3 is 16.0 Å². The molecule has 0 radical (unpaired) electrons. The zero-order valence-electron chi connectivity index (χ0n) is 14.5. The number of nitrogens with one attached hydrogen (secondary N) is 2. The van der Waals surface area contributed by atoms with Crippen molar-refractivity contribution in [1.82, 2.24) is 9.97 Å². The van der Waals surface area contributed by atoms with Crippen molar-refractivity contribution >= 4 is 40.1 Å². The molecule has 2 aromatic heterocycles. The summed E-state index contributed by atoms with van der Waals surface area (Å²) >= 11 is 0. The summed E-state index contributed by atoms with van der Waals surface area (Å²) in [6.45, 7) is 0. The lowest BCUT2D eigenvalue weighted by Gasteiger charge is -2.05. The van der Waals surface area contributed by atoms with E-state index in [2.05, 4.69) is 15.3 Å². The van der Waals surface area contributed by atoms with Gasteiger partial charge in [0.25, 0.3) is 0 Å². The van der Waals surface area contributed by atoms with Crippen molar-refractivity contribution in [3.63, 3.8) is 0 Å². The van der Waals surface area contributed by atoms with Gasteiger partial charge in [-0.3, -0.25) is 4.79 Å². The minimum Gasteiger partial charge on any atom is -0.366 e. The Morgan fingerprint density at radius 3 is 2.37 bits per heavy atom. The van der Waals surface area contributed by atoms with E-state index in [4.69, 9.17) is 5.73 Å². The maximum atomic E-state index is 11.9. The fourth-order valence-corrected chi connectivity index (χ4v) is 2.95. The molecule has 4 aromatic rings. The van der Waals surface area contributed by atoms with E-state index >= 15 is 0 Å². The topological polar surface area (TPSA) is 83.8 Å². The first-order valence-corrected chi connectivity index (χ1v) is 8.58. The lowest BCUT2D eigenvalue weighted by Crippen LogP contribution is -2.12. The highest BCUT2D eigenvalue weighted by molar-refractivity contribution is 6.24. The quantitative estimate of drug-likeness (QED) is 0.466. The van der Waals surface area contributed by atoms with Crippen LogP contribution in [0.1, 0.15) is 11.1 Å². The molecular weight excluding hydrogens is 336 g/mol. The summed E-state index contributed by atoms with van der Waals surface area (Å²) in [6, 6.07) is 23.1. The second kappa shape index (κ2) is 7.17. The van der Waals surface area contributed by atoms with Crippen LogP contribution in [0.15, 0.2) is 79.0 Å². The highest BCUT2D eigenvalue weighted by Gasteiger charge is 2.11. The summed E-state index contributed by atoms with van der Waals surface area (Å²) < 4.78 is 0. The average molecular weight is 354 g/mol. The number of fused-ring (bicyclic) bond motifs is 1. The van der Waals surface area contributed by atoms with Gasteiger partial charge in [0.15, 0.2) is 0 Å². The van der Waals surface area contributed by atoms with Crippen LogP contribution in [-0.4, -0.2) is 15.9 Å². The number of H-pyrrole nitrogens is 1. The van der Waals surface area contributed by atoms with Crippen molar-refractivity contribution in [3.05, 3.63) is 90.1 Å². The summed E-state index contributed by atoms with van der Waals surface area (Å²) in [5.41, 5.74) is 9.41. The van der Waals surface area contributed by atoms with E-state index in [1.54, 1.807) is 6.08 Å². The van der Waals surface area contributed by atoms with Gasteiger partial charge in [0, 0.05) is 28.4 Å². The first kappa shape index (κ1) is 16.6. The second-order valence-electron chi connectivity index (χ2n) is 6.12. The third-order valence-corrected chi connectivity index (χ3v) is 4.27. The molecular formula is C22H18N4O. The SMILES string of the molecule is NC(=O)/C(=C/c1c[nH]c2nc(Nc3ccccc3)ccc12)c1ccccc1. The molecule has 5 heteroatoms. The van der Waals surface area contributed by atoms with E-state index in [0.29, 0.717) is 5.57 Å². The molecule has 27 heavy (non-hydrogen) atoms. The summed E-state index contributed by atoms with van der Waals surface area (Å²) in [7, 11) is 0. The summed E-state index contributed by atoms with van der Waals surface area (Å²) in [5.74, 6) is 0.273. The van der Waals surface area contributed by atoms with Crippen LogP contribution in [-0.2, 0) is 4.79 Å². The number of primary amides is 1. The molecule has 2 heterocycles. The third-order valence-electron chi connectivity index (χ3n) is 4.27. The Morgan fingerprint density at radius 1 is 0.963 bits per heavy atom. The predicted octanol–water partition coefficient (Wildman–Crippen LogP) is 4.33. The molecule has 0 fully saturated rings. The van der Waals surface area contributed by atoms with E-state index in [9.17, 15) is 4.79 Å². The van der Waals surface area contributed by atoms with E-state index in [-0.39, 0.29) is 0 Å². The monoisotopic (exact) mass is 354 g/mol. The number of nitrogens with two attached hydrogens (primary N) is 1. The molecule has 0 aliphatic heterocycles. The van der Waals surface area contributed by atoms with Crippen molar-refractivity contribution in [2.45, 2.75) is 0 Å². The number of rotatable bonds is 5. The Balaban J connectivity index is 1.70. The fraction of sp³-hybridized carbons (Fsp3) is 0. The number of carbonyl (C=O) groups is 1. The third kappa shape index (κ3) is 3.57. The number of aromatic nitrogens is 2. The number of aromatic amines is 1. The van der Waals surface area contributed by atoms with Crippen LogP contribution < -0.4 is 11.1 Å². The molecule has 0 unspecified atom stereocenters. The molecule has 0 saturated carbocycles. The highest BCUT2D eigenvalue weighted by Crippen LogP contribution is 2.25. The lowest BCUT2D eigenvalue weighted by molar-refractivity contribution is -0.112. The molecule has 0 aliphatic rings. The average Bonchev–Trinajstić information content (AvgIpc) is 3.09. The molecule has 0 bridgehead atoms. The minimum absolute atomic E-state index is 0.461. The number of carbonyl (C=O) groups excluding carboxylic acids is 1. The second-order valence-corrected chi connectivity index (χ2v) is 6.12. The van der Waals surface area contributed by atoms with Crippen molar-refractivity contribution in [2.24, 2.45) is 5.73 Å². The van der Waals surface area contributed by atoms with Gasteiger partial charge in [-0.15, -0.1) is 0 Å². The van der Waals surface area contributed by atoms with E-state index in [1.807, 2.05) is 79.0 Å². The van der Waals surface area contributed by atoms with Gasteiger partial charge in [-0.25, -0.2) is 4.98 Å². The maximum Gasteiger partial charge on any atom is 0.249 e. The van der Waals surface area contributed by atoms with Crippen molar-refractivity contribution in [3.8, 4) is 0 Å². The van der Waals surface area contributed by atoms with Crippen LogP contribution in [0.3, 0.4) is 0 Å². The Hall–Kier alpha value is -3.86. The van der Waals surface area contributed by atoms with Gasteiger partial charge in [0.1, 0.15) is 11.5 Å². The molecule has 132 valence electrons. The van der Waals surface area contributed by atoms with Crippen molar-refractivity contribution in [2.75, 3.05) is 5.32 Å². The van der Waals surface area contributed by atoms with Crippen LogP contribution >= 0.6 is 0 Å². The number of hydrogen-bond donors (Lipinski definition) is 3. The van der Waals surface area contributed by atoms with Gasteiger partial charge in [0.05, 0.1) is 0 Å². The van der Waals surface area contributed by atoms with Crippen LogP contribution in [0.25, 0.3) is 22.7 Å². The Labute approximate surface area is 156 Å². The predicted molar refractivity (Wildman–Crippen MR) is 109 cm³/mol. The minimum atomic E-state index is -0.467. The standard InChI is InChI=1S/C22H18N4O/c23-21(27)19(15-7-3-1-4-8-15)13-16-14-24-22-18(16)11-12-20(26-22)25-17-9-5-2-6-10-17/h1-14H,(H2,23,27)(H2,24,25,26)/b19-13+. The molecule has 2 aromatic carbocycles. The van der Waals surface area contributed by atoms with Gasteiger partial charge >= 0.3 is 0 Å². The van der Waals surface area contributed by atoms with Crippen LogP contribution in [0.2, 0.25) is 0 Å². The zero-order chi connectivity index (χ0) is 18.6. The van der Waals surface area contributed by atoms with E-state index in [1.165, 1.54) is 0 Å². The number of para-hydroxylation sites is 1. The number of hydrogen-bond acceptors (Lipinski definition) is 3. The van der Waals surface area contributed by atoms with E-state index < -0.39 is 5.91 Å². The normalized spacial score (nSPS) is 11.5. The van der Waals surface area contributed by atoms with Crippen LogP contribution in [0, 0.1) is 0 Å². The molecule has 0 saturated heterocycles. The molecule has 4 N–H and O–H groups in total. The Morgan fingerprint density at radius 2 is 1.67 bits per heavy atom. The summed E-state index contributed by atoms with van der Waals surface area (Å²) in [6.07, 6.45) is 3.62. The molecule has 5 nitrogen and oxygen atoms in total. The first-order valence-electron chi connectivity index (χ1n) is 8.58. The number of amides is 1. The molecule has 4 rings (SSSR count). The molecule has 1 amide bonds. The smallest absolute Gasteiger partial charge is 0.249 e. The number of benzene rings is 2. The first-order chi connectivity index (χ1) is 13.2. The number of anilines is 2.